The summed E-state index contributed by atoms with van der Waals surface area (Å²) in [4.78, 5) is 0. The Labute approximate surface area is 256 Å². The Morgan fingerprint density at radius 1 is 0.333 bits per heavy atom. The highest BCUT2D eigenvalue weighted by atomic mass is 16.3. The molecule has 0 atom stereocenters. The third-order valence-electron chi connectivity index (χ3n) is 11.3. The van der Waals surface area contributed by atoms with Crippen LogP contribution in [0.15, 0.2) is 16.5 Å². The molecule has 1 heteroatoms. The standard InChI is InChI=1S/C41H54O/c1-15-36-24(5)22(3)26(7)39(32(36)13)20-35-18-17-34(42-35)19-38-28(9)30(11)40(31(12)29(38)10)21-41-27(8)23(4)25(6)37(16-2)33(41)14/h17-18H,15-16,19-21H2,1-14H3. The van der Waals surface area contributed by atoms with E-state index in [1.165, 1.54) is 100 Å². The average molecular weight is 563 g/mol. The van der Waals surface area contributed by atoms with Crippen LogP contribution in [0, 0.1) is 83.1 Å². The molecule has 0 saturated heterocycles. The lowest BCUT2D eigenvalue weighted by molar-refractivity contribution is 0.481. The third-order valence-corrected chi connectivity index (χ3v) is 11.3. The van der Waals surface area contributed by atoms with Crippen LogP contribution in [0.3, 0.4) is 0 Å². The molecule has 0 bridgehead atoms. The van der Waals surface area contributed by atoms with Gasteiger partial charge in [0.05, 0.1) is 0 Å². The lowest BCUT2D eigenvalue weighted by atomic mass is 9.81. The van der Waals surface area contributed by atoms with Gasteiger partial charge in [-0.1, -0.05) is 13.8 Å². The van der Waals surface area contributed by atoms with E-state index in [0.717, 1.165) is 43.6 Å². The minimum Gasteiger partial charge on any atom is -0.465 e. The molecule has 224 valence electrons. The molecular formula is C41H54O. The summed E-state index contributed by atoms with van der Waals surface area (Å²) in [5.41, 5.74) is 26.2. The summed E-state index contributed by atoms with van der Waals surface area (Å²) in [7, 11) is 0. The van der Waals surface area contributed by atoms with Gasteiger partial charge in [-0.25, -0.2) is 0 Å². The quantitative estimate of drug-likeness (QED) is 0.208. The zero-order valence-corrected chi connectivity index (χ0v) is 29.1. The van der Waals surface area contributed by atoms with Crippen LogP contribution in [0.2, 0.25) is 0 Å². The van der Waals surface area contributed by atoms with Crippen LogP contribution >= 0.6 is 0 Å². The molecular weight excluding hydrogens is 508 g/mol. The SMILES string of the molecule is CCc1c(C)c(C)c(C)c(Cc2ccc(Cc3c(C)c(C)c(Cc4c(C)c(C)c(C)c(CC)c4C)c(C)c3C)o2)c1C. The molecule has 1 nitrogen and oxygen atoms in total. The van der Waals surface area contributed by atoms with Gasteiger partial charge < -0.3 is 4.42 Å². The lowest BCUT2D eigenvalue weighted by Crippen LogP contribution is -2.10. The molecule has 0 saturated carbocycles. The van der Waals surface area contributed by atoms with Crippen LogP contribution in [0.5, 0.6) is 0 Å². The molecule has 0 aliphatic carbocycles. The maximum atomic E-state index is 6.54. The normalized spacial score (nSPS) is 11.6. The van der Waals surface area contributed by atoms with Gasteiger partial charge in [0.25, 0.3) is 0 Å². The molecule has 4 aromatic rings. The Bertz CT molecular complexity index is 1640. The molecule has 1 aromatic heterocycles. The van der Waals surface area contributed by atoms with Crippen molar-refractivity contribution < 1.29 is 4.42 Å². The van der Waals surface area contributed by atoms with E-state index < -0.39 is 0 Å². The maximum Gasteiger partial charge on any atom is 0.108 e. The fraction of sp³-hybridized carbons (Fsp3) is 0.463. The van der Waals surface area contributed by atoms with Gasteiger partial charge in [0.1, 0.15) is 11.5 Å². The first-order valence-electron chi connectivity index (χ1n) is 16.1. The highest BCUT2D eigenvalue weighted by Crippen LogP contribution is 2.35. The molecule has 0 radical (unpaired) electrons. The summed E-state index contributed by atoms with van der Waals surface area (Å²) in [6.07, 6.45) is 4.87. The van der Waals surface area contributed by atoms with Crippen molar-refractivity contribution in [3.8, 4) is 0 Å². The van der Waals surface area contributed by atoms with Crippen molar-refractivity contribution >= 4 is 0 Å². The second-order valence-electron chi connectivity index (χ2n) is 13.0. The van der Waals surface area contributed by atoms with Gasteiger partial charge in [-0.05, 0) is 215 Å². The molecule has 1 heterocycles. The van der Waals surface area contributed by atoms with Crippen molar-refractivity contribution in [2.24, 2.45) is 0 Å². The van der Waals surface area contributed by atoms with Crippen molar-refractivity contribution in [3.05, 3.63) is 124 Å². The third kappa shape index (κ3) is 5.41. The second-order valence-corrected chi connectivity index (χ2v) is 13.0. The van der Waals surface area contributed by atoms with Gasteiger partial charge in [0.15, 0.2) is 0 Å². The molecule has 3 aromatic carbocycles. The summed E-state index contributed by atoms with van der Waals surface area (Å²) in [5.74, 6) is 2.13. The Balaban J connectivity index is 1.67. The van der Waals surface area contributed by atoms with Gasteiger partial charge >= 0.3 is 0 Å². The van der Waals surface area contributed by atoms with Crippen molar-refractivity contribution in [1.82, 2.24) is 0 Å². The first-order valence-corrected chi connectivity index (χ1v) is 16.1. The summed E-state index contributed by atoms with van der Waals surface area (Å²) >= 11 is 0. The van der Waals surface area contributed by atoms with Crippen molar-refractivity contribution in [1.29, 1.82) is 0 Å². The average Bonchev–Trinajstić information content (AvgIpc) is 3.41. The molecule has 0 N–H and O–H groups in total. The zero-order chi connectivity index (χ0) is 31.2. The second kappa shape index (κ2) is 12.3. The van der Waals surface area contributed by atoms with Crippen LogP contribution in [0.1, 0.15) is 126 Å². The van der Waals surface area contributed by atoms with Crippen LogP contribution in [-0.4, -0.2) is 0 Å². The Morgan fingerprint density at radius 2 is 0.595 bits per heavy atom. The molecule has 42 heavy (non-hydrogen) atoms. The van der Waals surface area contributed by atoms with Gasteiger partial charge in [0, 0.05) is 12.8 Å². The van der Waals surface area contributed by atoms with Crippen LogP contribution in [0.25, 0.3) is 0 Å². The molecule has 0 unspecified atom stereocenters. The first kappa shape index (κ1) is 31.9. The fourth-order valence-corrected chi connectivity index (χ4v) is 7.68. The van der Waals surface area contributed by atoms with E-state index in [1.54, 1.807) is 0 Å². The van der Waals surface area contributed by atoms with Crippen LogP contribution < -0.4 is 0 Å². The van der Waals surface area contributed by atoms with E-state index in [-0.39, 0.29) is 0 Å². The molecule has 0 spiro atoms. The van der Waals surface area contributed by atoms with Crippen molar-refractivity contribution in [2.75, 3.05) is 0 Å². The van der Waals surface area contributed by atoms with Crippen LogP contribution in [-0.2, 0) is 32.1 Å². The van der Waals surface area contributed by atoms with E-state index in [0.29, 0.717) is 0 Å². The summed E-state index contributed by atoms with van der Waals surface area (Å²) in [6.45, 7) is 32.2. The number of hydrogen-bond acceptors (Lipinski definition) is 1. The fourth-order valence-electron chi connectivity index (χ4n) is 7.68. The number of rotatable bonds is 8. The van der Waals surface area contributed by atoms with Crippen molar-refractivity contribution in [3.63, 3.8) is 0 Å². The van der Waals surface area contributed by atoms with E-state index in [1.807, 2.05) is 0 Å². The highest BCUT2D eigenvalue weighted by Gasteiger charge is 2.21. The summed E-state index contributed by atoms with van der Waals surface area (Å²) in [6, 6.07) is 4.40. The minimum atomic E-state index is 0.840. The Morgan fingerprint density at radius 3 is 0.952 bits per heavy atom. The molecule has 0 fully saturated rings. The largest absolute Gasteiger partial charge is 0.465 e. The van der Waals surface area contributed by atoms with Gasteiger partial charge in [-0.15, -0.1) is 0 Å². The predicted molar refractivity (Wildman–Crippen MR) is 182 cm³/mol. The molecule has 0 amide bonds. The molecule has 0 aliphatic heterocycles. The smallest absolute Gasteiger partial charge is 0.108 e. The zero-order valence-electron chi connectivity index (χ0n) is 29.1. The highest BCUT2D eigenvalue weighted by molar-refractivity contribution is 5.57. The van der Waals surface area contributed by atoms with Crippen LogP contribution in [0.4, 0.5) is 0 Å². The predicted octanol–water partition coefficient (Wildman–Crippen LogP) is 10.9. The van der Waals surface area contributed by atoms with Gasteiger partial charge in [0.2, 0.25) is 0 Å². The van der Waals surface area contributed by atoms with E-state index in [2.05, 4.69) is 109 Å². The van der Waals surface area contributed by atoms with E-state index >= 15 is 0 Å². The lowest BCUT2D eigenvalue weighted by Gasteiger charge is -2.24. The van der Waals surface area contributed by atoms with E-state index in [9.17, 15) is 0 Å². The van der Waals surface area contributed by atoms with E-state index in [4.69, 9.17) is 4.42 Å². The van der Waals surface area contributed by atoms with Gasteiger partial charge in [-0.2, -0.15) is 0 Å². The number of hydrogen-bond donors (Lipinski definition) is 0. The topological polar surface area (TPSA) is 13.1 Å². The molecule has 4 rings (SSSR count). The minimum absolute atomic E-state index is 0.840. The molecule has 0 aliphatic rings. The Hall–Kier alpha value is -3.06. The first-order chi connectivity index (χ1) is 19.7. The number of furan rings is 1. The number of benzene rings is 3. The van der Waals surface area contributed by atoms with Crippen molar-refractivity contribution in [2.45, 2.75) is 129 Å². The maximum absolute atomic E-state index is 6.54. The van der Waals surface area contributed by atoms with Gasteiger partial charge in [-0.3, -0.25) is 0 Å². The summed E-state index contributed by atoms with van der Waals surface area (Å²) in [5, 5.41) is 0. The summed E-state index contributed by atoms with van der Waals surface area (Å²) < 4.78 is 6.54. The monoisotopic (exact) mass is 562 g/mol. The Kier molecular flexibility index (Phi) is 9.31.